The van der Waals surface area contributed by atoms with Crippen LogP contribution in [-0.4, -0.2) is 30.5 Å². The number of hydrogen-bond donors (Lipinski definition) is 0. The van der Waals surface area contributed by atoms with E-state index in [9.17, 15) is 9.59 Å². The van der Waals surface area contributed by atoms with Gasteiger partial charge in [-0.05, 0) is 26.0 Å². The van der Waals surface area contributed by atoms with Crippen molar-refractivity contribution in [2.75, 3.05) is 7.11 Å². The quantitative estimate of drug-likeness (QED) is 0.565. The number of rotatable bonds is 4. The lowest BCUT2D eigenvalue weighted by atomic mass is 10.3. The zero-order valence-corrected chi connectivity index (χ0v) is 9.39. The van der Waals surface area contributed by atoms with Crippen LogP contribution < -0.4 is 4.74 Å². The van der Waals surface area contributed by atoms with Crippen LogP contribution in [0.3, 0.4) is 0 Å². The van der Waals surface area contributed by atoms with Gasteiger partial charge in [-0.25, -0.2) is 9.78 Å². The van der Waals surface area contributed by atoms with Crippen LogP contribution in [-0.2, 0) is 9.53 Å². The van der Waals surface area contributed by atoms with E-state index in [0.29, 0.717) is 12.0 Å². The molecule has 0 amide bonds. The highest BCUT2D eigenvalue weighted by molar-refractivity contribution is 5.78. The highest BCUT2D eigenvalue weighted by atomic mass is 16.6. The van der Waals surface area contributed by atoms with E-state index in [1.165, 1.54) is 7.11 Å². The van der Waals surface area contributed by atoms with Gasteiger partial charge in [0.1, 0.15) is 11.4 Å². The molecule has 0 saturated heterocycles. The van der Waals surface area contributed by atoms with Gasteiger partial charge in [0.25, 0.3) is 0 Å². The van der Waals surface area contributed by atoms with Crippen LogP contribution in [0.25, 0.3) is 0 Å². The molecule has 5 heteroatoms. The number of carbonyl (C=O) groups excluding carboxylic acids is 2. The standard InChI is InChI=1S/C11H13NO4/c1-7-4-5-10(9(6-13)12-7)16-8(2)11(14)15-3/h4-6,8H,1-3H3. The summed E-state index contributed by atoms with van der Waals surface area (Å²) in [5.41, 5.74) is 0.885. The fourth-order valence-corrected chi connectivity index (χ4v) is 1.15. The molecule has 16 heavy (non-hydrogen) atoms. The van der Waals surface area contributed by atoms with E-state index in [0.717, 1.165) is 0 Å². The molecule has 0 bridgehead atoms. The molecular weight excluding hydrogens is 210 g/mol. The van der Waals surface area contributed by atoms with Gasteiger partial charge in [0.2, 0.25) is 0 Å². The predicted octanol–water partition coefficient (Wildman–Crippen LogP) is 1.14. The molecule has 1 atom stereocenters. The molecule has 1 aromatic rings. The summed E-state index contributed by atoms with van der Waals surface area (Å²) in [5.74, 6) is -0.226. The predicted molar refractivity (Wildman–Crippen MR) is 56.5 cm³/mol. The van der Waals surface area contributed by atoms with Crippen molar-refractivity contribution in [2.45, 2.75) is 20.0 Å². The number of nitrogens with zero attached hydrogens (tertiary/aromatic N) is 1. The second-order valence-corrected chi connectivity index (χ2v) is 3.24. The van der Waals surface area contributed by atoms with Crippen molar-refractivity contribution >= 4 is 12.3 Å². The molecule has 0 saturated carbocycles. The fraction of sp³-hybridized carbons (Fsp3) is 0.364. The largest absolute Gasteiger partial charge is 0.477 e. The smallest absolute Gasteiger partial charge is 0.346 e. The maximum absolute atomic E-state index is 11.1. The van der Waals surface area contributed by atoms with Gasteiger partial charge in [-0.1, -0.05) is 0 Å². The normalized spacial score (nSPS) is 11.7. The van der Waals surface area contributed by atoms with Crippen LogP contribution in [0.1, 0.15) is 23.1 Å². The first-order valence-electron chi connectivity index (χ1n) is 4.75. The fourth-order valence-electron chi connectivity index (χ4n) is 1.15. The Morgan fingerprint density at radius 3 is 2.75 bits per heavy atom. The van der Waals surface area contributed by atoms with E-state index in [2.05, 4.69) is 9.72 Å². The minimum Gasteiger partial charge on any atom is -0.477 e. The second kappa shape index (κ2) is 5.25. The number of methoxy groups -OCH3 is 1. The average molecular weight is 223 g/mol. The summed E-state index contributed by atoms with van der Waals surface area (Å²) in [6, 6.07) is 3.30. The summed E-state index contributed by atoms with van der Waals surface area (Å²) < 4.78 is 9.78. The Labute approximate surface area is 93.4 Å². The van der Waals surface area contributed by atoms with Crippen LogP contribution in [0.15, 0.2) is 12.1 Å². The number of ether oxygens (including phenoxy) is 2. The monoisotopic (exact) mass is 223 g/mol. The molecule has 0 fully saturated rings. The SMILES string of the molecule is COC(=O)C(C)Oc1ccc(C)nc1C=O. The van der Waals surface area contributed by atoms with Gasteiger partial charge in [0, 0.05) is 5.69 Å². The Balaban J connectivity index is 2.88. The molecule has 0 aliphatic carbocycles. The zero-order chi connectivity index (χ0) is 12.1. The molecule has 1 aromatic heterocycles. The molecule has 5 nitrogen and oxygen atoms in total. The summed E-state index contributed by atoms with van der Waals surface area (Å²) >= 11 is 0. The van der Waals surface area contributed by atoms with Gasteiger partial charge in [-0.3, -0.25) is 4.79 Å². The summed E-state index contributed by atoms with van der Waals surface area (Å²) in [6.45, 7) is 3.31. The minimum atomic E-state index is -0.770. The van der Waals surface area contributed by atoms with Gasteiger partial charge < -0.3 is 9.47 Å². The van der Waals surface area contributed by atoms with Crippen LogP contribution in [0.5, 0.6) is 5.75 Å². The number of aryl methyl sites for hydroxylation is 1. The van der Waals surface area contributed by atoms with Crippen molar-refractivity contribution in [3.05, 3.63) is 23.5 Å². The van der Waals surface area contributed by atoms with Crippen molar-refractivity contribution in [3.63, 3.8) is 0 Å². The third kappa shape index (κ3) is 2.79. The van der Waals surface area contributed by atoms with Crippen molar-refractivity contribution in [3.8, 4) is 5.75 Å². The minimum absolute atomic E-state index is 0.177. The van der Waals surface area contributed by atoms with Crippen LogP contribution in [0.2, 0.25) is 0 Å². The number of aromatic nitrogens is 1. The van der Waals surface area contributed by atoms with E-state index in [-0.39, 0.29) is 11.4 Å². The number of pyridine rings is 1. The molecule has 0 aromatic carbocycles. The summed E-state index contributed by atoms with van der Waals surface area (Å²) in [5, 5.41) is 0. The Kier molecular flexibility index (Phi) is 3.99. The van der Waals surface area contributed by atoms with Crippen LogP contribution in [0.4, 0.5) is 0 Å². The van der Waals surface area contributed by atoms with E-state index < -0.39 is 12.1 Å². The second-order valence-electron chi connectivity index (χ2n) is 3.24. The first-order chi connectivity index (χ1) is 7.58. The number of esters is 1. The summed E-state index contributed by atoms with van der Waals surface area (Å²) in [7, 11) is 1.27. The molecule has 0 aliphatic rings. The molecule has 0 radical (unpaired) electrons. The molecule has 1 rings (SSSR count). The Bertz CT molecular complexity index is 403. The lowest BCUT2D eigenvalue weighted by Crippen LogP contribution is -2.25. The molecule has 0 aliphatic heterocycles. The lowest BCUT2D eigenvalue weighted by molar-refractivity contribution is -0.147. The van der Waals surface area contributed by atoms with Gasteiger partial charge >= 0.3 is 5.97 Å². The van der Waals surface area contributed by atoms with Crippen LogP contribution >= 0.6 is 0 Å². The first-order valence-corrected chi connectivity index (χ1v) is 4.75. The zero-order valence-electron chi connectivity index (χ0n) is 9.39. The molecule has 1 unspecified atom stereocenters. The van der Waals surface area contributed by atoms with Crippen molar-refractivity contribution in [1.82, 2.24) is 4.98 Å². The number of aldehydes is 1. The lowest BCUT2D eigenvalue weighted by Gasteiger charge is -2.13. The highest BCUT2D eigenvalue weighted by Crippen LogP contribution is 2.16. The molecule has 86 valence electrons. The van der Waals surface area contributed by atoms with Crippen molar-refractivity contribution in [1.29, 1.82) is 0 Å². The van der Waals surface area contributed by atoms with Crippen molar-refractivity contribution < 1.29 is 19.1 Å². The molecule has 0 N–H and O–H groups in total. The van der Waals surface area contributed by atoms with Crippen molar-refractivity contribution in [2.24, 2.45) is 0 Å². The number of hydrogen-bond acceptors (Lipinski definition) is 5. The van der Waals surface area contributed by atoms with E-state index in [4.69, 9.17) is 4.74 Å². The molecule has 0 spiro atoms. The summed E-state index contributed by atoms with van der Waals surface area (Å²) in [4.78, 5) is 25.9. The first kappa shape index (κ1) is 12.2. The Morgan fingerprint density at radius 2 is 2.19 bits per heavy atom. The van der Waals surface area contributed by atoms with Crippen LogP contribution in [0, 0.1) is 6.92 Å². The summed E-state index contributed by atoms with van der Waals surface area (Å²) in [6.07, 6.45) is -0.181. The van der Waals surface area contributed by atoms with Gasteiger partial charge in [-0.15, -0.1) is 0 Å². The van der Waals surface area contributed by atoms with Gasteiger partial charge in [0.15, 0.2) is 12.4 Å². The third-order valence-corrected chi connectivity index (χ3v) is 1.97. The molecular formula is C11H13NO4. The Hall–Kier alpha value is -1.91. The van der Waals surface area contributed by atoms with E-state index in [1.54, 1.807) is 26.0 Å². The third-order valence-electron chi connectivity index (χ3n) is 1.97. The topological polar surface area (TPSA) is 65.5 Å². The maximum Gasteiger partial charge on any atom is 0.346 e. The Morgan fingerprint density at radius 1 is 1.50 bits per heavy atom. The number of carbonyl (C=O) groups is 2. The maximum atomic E-state index is 11.1. The molecule has 1 heterocycles. The average Bonchev–Trinajstić information content (AvgIpc) is 2.30. The van der Waals surface area contributed by atoms with E-state index >= 15 is 0 Å². The van der Waals surface area contributed by atoms with Gasteiger partial charge in [-0.2, -0.15) is 0 Å². The highest BCUT2D eigenvalue weighted by Gasteiger charge is 2.16. The van der Waals surface area contributed by atoms with Gasteiger partial charge in [0.05, 0.1) is 7.11 Å². The van der Waals surface area contributed by atoms with E-state index in [1.807, 2.05) is 0 Å².